The molecular weight excluding hydrogens is 497 g/mol. The molecule has 9 nitrogen and oxygen atoms in total. The Balaban J connectivity index is 2.71. The van der Waals surface area contributed by atoms with Crippen molar-refractivity contribution in [1.82, 2.24) is 0 Å². The lowest BCUT2D eigenvalue weighted by atomic mass is 10.1. The highest BCUT2D eigenvalue weighted by atomic mass is 127. The topological polar surface area (TPSA) is 101 Å². The van der Waals surface area contributed by atoms with E-state index in [4.69, 9.17) is 23.7 Å². The molecule has 0 aromatic heterocycles. The fourth-order valence-electron chi connectivity index (χ4n) is 2.38. The third-order valence-corrected chi connectivity index (χ3v) is 4.18. The Labute approximate surface area is 182 Å². The van der Waals surface area contributed by atoms with Crippen molar-refractivity contribution in [1.29, 1.82) is 0 Å². The molecule has 0 fully saturated rings. The maximum Gasteiger partial charge on any atom is 0.424 e. The van der Waals surface area contributed by atoms with Crippen LogP contribution in [0, 0.1) is 3.57 Å². The van der Waals surface area contributed by atoms with E-state index in [-0.39, 0.29) is 23.8 Å². The molecule has 1 aromatic rings. The van der Waals surface area contributed by atoms with Gasteiger partial charge in [-0.1, -0.05) is 0 Å². The minimum atomic E-state index is -1.01. The van der Waals surface area contributed by atoms with Crippen molar-refractivity contribution in [2.45, 2.75) is 52.7 Å². The maximum atomic E-state index is 13.0. The molecule has 2 amide bonds. The standard InChI is InChI=1S/C19H24INO8/c1-18(2,3)28-16(23)21(17(24)29-19(4,5)6)13-10(20)8-11-14(27-9-26-11)12(13)15(22)25-7/h8H,9H2,1-7H3. The van der Waals surface area contributed by atoms with Gasteiger partial charge in [-0.15, -0.1) is 0 Å². The van der Waals surface area contributed by atoms with Crippen LogP contribution in [0.15, 0.2) is 6.07 Å². The van der Waals surface area contributed by atoms with E-state index in [0.717, 1.165) is 0 Å². The second-order valence-electron chi connectivity index (χ2n) is 8.10. The highest BCUT2D eigenvalue weighted by molar-refractivity contribution is 14.1. The largest absolute Gasteiger partial charge is 0.465 e. The Morgan fingerprint density at radius 1 is 1.00 bits per heavy atom. The van der Waals surface area contributed by atoms with Crippen LogP contribution < -0.4 is 14.4 Å². The molecule has 1 aromatic carbocycles. The number of imide groups is 1. The quantitative estimate of drug-likeness (QED) is 0.319. The Hall–Kier alpha value is -2.24. The maximum absolute atomic E-state index is 13.0. The number of esters is 1. The van der Waals surface area contributed by atoms with Crippen LogP contribution in [0.4, 0.5) is 15.3 Å². The van der Waals surface area contributed by atoms with Crippen LogP contribution in [-0.4, -0.2) is 43.3 Å². The van der Waals surface area contributed by atoms with E-state index < -0.39 is 29.4 Å². The van der Waals surface area contributed by atoms with Gasteiger partial charge in [0.15, 0.2) is 11.5 Å². The number of carbonyl (C=O) groups excluding carboxylic acids is 3. The fourth-order valence-corrected chi connectivity index (χ4v) is 3.18. The molecule has 160 valence electrons. The van der Waals surface area contributed by atoms with E-state index in [2.05, 4.69) is 0 Å². The van der Waals surface area contributed by atoms with Crippen molar-refractivity contribution in [2.75, 3.05) is 18.8 Å². The van der Waals surface area contributed by atoms with Gasteiger partial charge in [0.1, 0.15) is 16.8 Å². The third-order valence-electron chi connectivity index (χ3n) is 3.35. The van der Waals surface area contributed by atoms with E-state index >= 15 is 0 Å². The molecule has 0 spiro atoms. The number of fused-ring (bicyclic) bond motifs is 1. The molecule has 0 atom stereocenters. The van der Waals surface area contributed by atoms with Crippen molar-refractivity contribution in [2.24, 2.45) is 0 Å². The van der Waals surface area contributed by atoms with E-state index in [9.17, 15) is 14.4 Å². The van der Waals surface area contributed by atoms with Crippen molar-refractivity contribution in [3.8, 4) is 11.5 Å². The van der Waals surface area contributed by atoms with Gasteiger partial charge in [0.2, 0.25) is 6.79 Å². The summed E-state index contributed by atoms with van der Waals surface area (Å²) in [7, 11) is 1.18. The number of hydrogen-bond donors (Lipinski definition) is 0. The van der Waals surface area contributed by atoms with Crippen LogP contribution >= 0.6 is 22.6 Å². The highest BCUT2D eigenvalue weighted by Crippen LogP contribution is 2.45. The van der Waals surface area contributed by atoms with Crippen molar-refractivity contribution in [3.63, 3.8) is 0 Å². The lowest BCUT2D eigenvalue weighted by Gasteiger charge is -2.30. The summed E-state index contributed by atoms with van der Waals surface area (Å²) in [5.41, 5.74) is -2.00. The van der Waals surface area contributed by atoms with Gasteiger partial charge in [0, 0.05) is 3.57 Å². The summed E-state index contributed by atoms with van der Waals surface area (Å²) in [6, 6.07) is 1.55. The zero-order chi connectivity index (χ0) is 22.1. The zero-order valence-electron chi connectivity index (χ0n) is 17.4. The molecule has 29 heavy (non-hydrogen) atoms. The molecule has 1 aliphatic rings. The second-order valence-corrected chi connectivity index (χ2v) is 9.27. The number of hydrogen-bond acceptors (Lipinski definition) is 8. The number of methoxy groups -OCH3 is 1. The Morgan fingerprint density at radius 3 is 1.97 bits per heavy atom. The molecule has 0 aliphatic carbocycles. The van der Waals surface area contributed by atoms with E-state index in [1.165, 1.54) is 7.11 Å². The molecule has 0 saturated heterocycles. The van der Waals surface area contributed by atoms with Crippen LogP contribution in [0.2, 0.25) is 0 Å². The monoisotopic (exact) mass is 521 g/mol. The molecule has 0 saturated carbocycles. The number of benzene rings is 1. The predicted octanol–water partition coefficient (Wildman–Crippen LogP) is 4.48. The number of carbonyl (C=O) groups is 3. The number of rotatable bonds is 2. The molecule has 10 heteroatoms. The summed E-state index contributed by atoms with van der Waals surface area (Å²) in [6.45, 7) is 9.83. The molecular formula is C19H24INO8. The molecule has 0 bridgehead atoms. The van der Waals surface area contributed by atoms with Gasteiger partial charge in [0.05, 0.1) is 12.8 Å². The summed E-state index contributed by atoms with van der Waals surface area (Å²) in [4.78, 5) is 39.2. The lowest BCUT2D eigenvalue weighted by Crippen LogP contribution is -2.44. The van der Waals surface area contributed by atoms with Gasteiger partial charge in [-0.25, -0.2) is 14.4 Å². The molecule has 1 aliphatic heterocycles. The number of nitrogens with zero attached hydrogens (tertiary/aromatic N) is 1. The predicted molar refractivity (Wildman–Crippen MR) is 112 cm³/mol. The van der Waals surface area contributed by atoms with Crippen molar-refractivity contribution in [3.05, 3.63) is 15.2 Å². The third kappa shape index (κ3) is 5.43. The Kier molecular flexibility index (Phi) is 6.55. The van der Waals surface area contributed by atoms with Gasteiger partial charge in [-0.05, 0) is 70.2 Å². The Morgan fingerprint density at radius 2 is 1.52 bits per heavy atom. The summed E-state index contributed by atoms with van der Waals surface area (Å²) in [5, 5.41) is 0. The molecule has 2 rings (SSSR count). The minimum absolute atomic E-state index is 0.0646. The van der Waals surface area contributed by atoms with E-state index in [1.54, 1.807) is 47.6 Å². The van der Waals surface area contributed by atoms with Crippen LogP contribution in [0.25, 0.3) is 0 Å². The number of anilines is 1. The van der Waals surface area contributed by atoms with Crippen LogP contribution in [0.5, 0.6) is 11.5 Å². The highest BCUT2D eigenvalue weighted by Gasteiger charge is 2.40. The fraction of sp³-hybridized carbons (Fsp3) is 0.526. The smallest absolute Gasteiger partial charge is 0.424 e. The number of amides is 2. The van der Waals surface area contributed by atoms with Crippen LogP contribution in [0.3, 0.4) is 0 Å². The summed E-state index contributed by atoms with van der Waals surface area (Å²) in [5.74, 6) is -0.436. The van der Waals surface area contributed by atoms with Crippen LogP contribution in [0.1, 0.15) is 51.9 Å². The van der Waals surface area contributed by atoms with Crippen LogP contribution in [-0.2, 0) is 14.2 Å². The zero-order valence-corrected chi connectivity index (χ0v) is 19.5. The van der Waals surface area contributed by atoms with Gasteiger partial charge in [-0.3, -0.25) is 0 Å². The molecule has 0 N–H and O–H groups in total. The molecule has 0 radical (unpaired) electrons. The normalized spacial score (nSPS) is 13.0. The first-order chi connectivity index (χ1) is 13.2. The first-order valence-electron chi connectivity index (χ1n) is 8.71. The van der Waals surface area contributed by atoms with E-state index in [0.29, 0.717) is 14.2 Å². The van der Waals surface area contributed by atoms with Crippen molar-refractivity contribution >= 4 is 46.4 Å². The van der Waals surface area contributed by atoms with E-state index in [1.807, 2.05) is 22.6 Å². The average Bonchev–Trinajstić information content (AvgIpc) is 2.98. The van der Waals surface area contributed by atoms with Gasteiger partial charge < -0.3 is 23.7 Å². The Bertz CT molecular complexity index is 810. The molecule has 1 heterocycles. The second kappa shape index (κ2) is 8.25. The summed E-state index contributed by atoms with van der Waals surface area (Å²) >= 11 is 1.88. The number of halogens is 1. The minimum Gasteiger partial charge on any atom is -0.465 e. The number of ether oxygens (including phenoxy) is 5. The summed E-state index contributed by atoms with van der Waals surface area (Å²) in [6.07, 6.45) is -2.01. The van der Waals surface area contributed by atoms with Gasteiger partial charge in [-0.2, -0.15) is 4.90 Å². The first-order valence-corrected chi connectivity index (χ1v) is 9.79. The lowest BCUT2D eigenvalue weighted by molar-refractivity contribution is 0.0430. The average molecular weight is 521 g/mol. The van der Waals surface area contributed by atoms with Gasteiger partial charge in [0.25, 0.3) is 0 Å². The summed E-state index contributed by atoms with van der Waals surface area (Å²) < 4.78 is 26.8. The van der Waals surface area contributed by atoms with Crippen molar-refractivity contribution < 1.29 is 38.1 Å². The van der Waals surface area contributed by atoms with Gasteiger partial charge >= 0.3 is 18.2 Å². The SMILES string of the molecule is COC(=O)c1c2c(cc(I)c1N(C(=O)OC(C)(C)C)C(=O)OC(C)(C)C)OCO2. The first kappa shape index (κ1) is 23.0. The molecule has 0 unspecified atom stereocenters.